The van der Waals surface area contributed by atoms with Crippen molar-refractivity contribution in [2.24, 2.45) is 5.73 Å². The summed E-state index contributed by atoms with van der Waals surface area (Å²) in [5.41, 5.74) is 10.6. The molecule has 15 nitrogen and oxygen atoms in total. The van der Waals surface area contributed by atoms with Crippen LogP contribution in [0.1, 0.15) is 106 Å². The van der Waals surface area contributed by atoms with Crippen LogP contribution in [-0.4, -0.2) is 94.0 Å². The van der Waals surface area contributed by atoms with Gasteiger partial charge in [-0.3, -0.25) is 30.0 Å². The van der Waals surface area contributed by atoms with Gasteiger partial charge in [-0.2, -0.15) is 0 Å². The minimum absolute atomic E-state index is 0.0147. The molecule has 1 heterocycles. The average Bonchev–Trinajstić information content (AvgIpc) is 3.13. The summed E-state index contributed by atoms with van der Waals surface area (Å²) in [7, 11) is 3.16. The minimum atomic E-state index is -2.00. The van der Waals surface area contributed by atoms with E-state index in [4.69, 9.17) is 19.9 Å². The predicted molar refractivity (Wildman–Crippen MR) is 195 cm³/mol. The number of nitrogens with one attached hydrogen (secondary N) is 3. The first-order valence-electron chi connectivity index (χ1n) is 17.7. The molecule has 1 amide bonds. The number of aromatic hydroxyl groups is 2. The molecule has 9 N–H and O–H groups in total. The quantitative estimate of drug-likeness (QED) is 0.0904. The lowest BCUT2D eigenvalue weighted by Crippen LogP contribution is -2.52. The van der Waals surface area contributed by atoms with Crippen molar-refractivity contribution in [2.75, 3.05) is 14.2 Å². The van der Waals surface area contributed by atoms with Crippen molar-refractivity contribution in [1.82, 2.24) is 16.2 Å². The summed E-state index contributed by atoms with van der Waals surface area (Å²) >= 11 is 0. The van der Waals surface area contributed by atoms with Crippen molar-refractivity contribution >= 4 is 23.3 Å². The average molecular weight is 749 g/mol. The normalized spacial score (nSPS) is 24.4. The number of nitrogens with two attached hydrogens (primary N) is 1. The molecule has 15 heteroatoms. The summed E-state index contributed by atoms with van der Waals surface area (Å²) in [6.07, 6.45) is -4.53. The van der Waals surface area contributed by atoms with Crippen LogP contribution in [0.25, 0.3) is 0 Å². The van der Waals surface area contributed by atoms with E-state index in [0.717, 1.165) is 12.1 Å². The number of carbonyl (C=O) groups excluding carboxylic acids is 4. The number of rotatable bonds is 9. The molecule has 0 aromatic heterocycles. The lowest BCUT2D eigenvalue weighted by atomic mass is 9.72. The number of benzene rings is 3. The minimum Gasteiger partial charge on any atom is -0.507 e. The molecule has 1 saturated heterocycles. The van der Waals surface area contributed by atoms with Crippen LogP contribution in [0.2, 0.25) is 0 Å². The molecule has 290 valence electrons. The molecule has 3 aromatic carbocycles. The molecule has 0 saturated carbocycles. The SMILES string of the molecule is CNNCc1ccc(C(=O)NC(C)C)cc1.COc1cccc2c1C(=O)c1c(O)c3c(c(O)c1C2=O)C[C@@](O)(C(C)=O)C[C@@H]3O[C@H]1C[C@H](N)[C@H](O)[C@H](C)O1. The van der Waals surface area contributed by atoms with Gasteiger partial charge >= 0.3 is 0 Å². The zero-order valence-electron chi connectivity index (χ0n) is 31.1. The van der Waals surface area contributed by atoms with Crippen LogP contribution in [-0.2, 0) is 27.2 Å². The van der Waals surface area contributed by atoms with Gasteiger partial charge in [0, 0.05) is 60.1 Å². The molecule has 0 unspecified atom stereocenters. The smallest absolute Gasteiger partial charge is 0.251 e. The van der Waals surface area contributed by atoms with Gasteiger partial charge in [-0.25, -0.2) is 0 Å². The first-order chi connectivity index (χ1) is 25.5. The standard InChI is InChI=1S/C27H29NO10.C12H19N3O/c1-10-22(30)14(28)7-17(37-10)38-16-9-27(35,11(2)29)8-13-19(16)26(34)21-20(24(13)32)23(31)12-5-4-6-15(36-3)18(12)25(21)33;1-9(2)15-12(16)11-6-4-10(5-7-11)8-14-13-3/h4-6,10,14,16-17,22,30,32,34-35H,7-9,28H2,1-3H3;4-7,9,13-14H,8H2,1-3H3,(H,15,16)/t10-,14-,16-,17-,22+,27-;/m0./s1. The van der Waals surface area contributed by atoms with Crippen LogP contribution in [0.15, 0.2) is 42.5 Å². The summed E-state index contributed by atoms with van der Waals surface area (Å²) in [6.45, 7) is 7.42. The van der Waals surface area contributed by atoms with E-state index >= 15 is 0 Å². The fourth-order valence-electron chi connectivity index (χ4n) is 6.97. The lowest BCUT2D eigenvalue weighted by Gasteiger charge is -2.42. The Morgan fingerprint density at radius 3 is 2.30 bits per heavy atom. The van der Waals surface area contributed by atoms with E-state index in [1.807, 2.05) is 45.2 Å². The Morgan fingerprint density at radius 1 is 1.04 bits per heavy atom. The molecule has 6 atom stereocenters. The Balaban J connectivity index is 0.000000294. The summed E-state index contributed by atoms with van der Waals surface area (Å²) in [5, 5.41) is 47.0. The second-order valence-electron chi connectivity index (χ2n) is 14.1. The first-order valence-corrected chi connectivity index (χ1v) is 17.7. The summed E-state index contributed by atoms with van der Waals surface area (Å²) in [4.78, 5) is 51.2. The topological polar surface area (TPSA) is 239 Å². The van der Waals surface area contributed by atoms with Gasteiger partial charge in [-0.05, 0) is 58.5 Å². The van der Waals surface area contributed by atoms with E-state index in [2.05, 4.69) is 16.2 Å². The highest BCUT2D eigenvalue weighted by Crippen LogP contribution is 2.52. The number of ether oxygens (including phenoxy) is 3. The molecule has 1 aliphatic heterocycles. The van der Waals surface area contributed by atoms with Gasteiger partial charge in [0.15, 0.2) is 17.9 Å². The molecule has 0 radical (unpaired) electrons. The molecule has 0 bridgehead atoms. The highest BCUT2D eigenvalue weighted by Gasteiger charge is 2.49. The van der Waals surface area contributed by atoms with Gasteiger partial charge in [0.05, 0.1) is 42.1 Å². The lowest BCUT2D eigenvalue weighted by molar-refractivity contribution is -0.247. The molecule has 3 aromatic rings. The number of ketones is 3. The van der Waals surface area contributed by atoms with Crippen LogP contribution in [0.5, 0.6) is 17.2 Å². The van der Waals surface area contributed by atoms with E-state index < -0.39 is 82.6 Å². The highest BCUT2D eigenvalue weighted by molar-refractivity contribution is 6.31. The zero-order chi connectivity index (χ0) is 39.6. The summed E-state index contributed by atoms with van der Waals surface area (Å²) < 4.78 is 17.1. The molecule has 3 aliphatic rings. The maximum absolute atomic E-state index is 13.6. The molecule has 2 aliphatic carbocycles. The number of aliphatic hydroxyl groups excluding tert-OH is 1. The van der Waals surface area contributed by atoms with Gasteiger partial charge in [0.25, 0.3) is 5.91 Å². The Labute approximate surface area is 312 Å². The Hall–Kier alpha value is -4.74. The Morgan fingerprint density at radius 2 is 1.70 bits per heavy atom. The monoisotopic (exact) mass is 748 g/mol. The van der Waals surface area contributed by atoms with E-state index in [1.54, 1.807) is 6.92 Å². The number of aliphatic hydroxyl groups is 2. The third kappa shape index (κ3) is 7.88. The number of hydrazine groups is 1. The van der Waals surface area contributed by atoms with E-state index in [0.29, 0.717) is 5.56 Å². The molecular formula is C39H48N4O11. The molecule has 0 spiro atoms. The second kappa shape index (κ2) is 16.3. The largest absolute Gasteiger partial charge is 0.507 e. The van der Waals surface area contributed by atoms with Crippen LogP contribution in [0, 0.1) is 0 Å². The number of hydrogen-bond acceptors (Lipinski definition) is 14. The van der Waals surface area contributed by atoms with Crippen LogP contribution in [0.3, 0.4) is 0 Å². The summed E-state index contributed by atoms with van der Waals surface area (Å²) in [6, 6.07) is 11.5. The fourth-order valence-corrected chi connectivity index (χ4v) is 6.97. The fraction of sp³-hybridized carbons (Fsp3) is 0.436. The second-order valence-corrected chi connectivity index (χ2v) is 14.1. The summed E-state index contributed by atoms with van der Waals surface area (Å²) in [5.74, 6) is -3.20. The Bertz CT molecular complexity index is 1920. The maximum Gasteiger partial charge on any atom is 0.251 e. The van der Waals surface area contributed by atoms with Crippen LogP contribution < -0.4 is 26.6 Å². The molecule has 6 rings (SSSR count). The van der Waals surface area contributed by atoms with E-state index in [9.17, 15) is 39.6 Å². The van der Waals surface area contributed by atoms with Crippen molar-refractivity contribution in [2.45, 2.75) is 95.8 Å². The number of amides is 1. The number of hydrogen-bond donors (Lipinski definition) is 8. The van der Waals surface area contributed by atoms with Gasteiger partial charge in [0.2, 0.25) is 5.78 Å². The molecule has 1 fully saturated rings. The van der Waals surface area contributed by atoms with Crippen molar-refractivity contribution in [3.8, 4) is 17.2 Å². The number of carbonyl (C=O) groups is 4. The Kier molecular flexibility index (Phi) is 12.2. The van der Waals surface area contributed by atoms with Crippen molar-refractivity contribution in [1.29, 1.82) is 0 Å². The number of fused-ring (bicyclic) bond motifs is 3. The molecular weight excluding hydrogens is 700 g/mol. The third-order valence-electron chi connectivity index (χ3n) is 9.90. The third-order valence-corrected chi connectivity index (χ3v) is 9.90. The van der Waals surface area contributed by atoms with Gasteiger partial charge < -0.3 is 45.7 Å². The van der Waals surface area contributed by atoms with E-state index in [-0.39, 0.29) is 52.8 Å². The maximum atomic E-state index is 13.6. The van der Waals surface area contributed by atoms with Crippen molar-refractivity contribution in [3.63, 3.8) is 0 Å². The van der Waals surface area contributed by atoms with Crippen LogP contribution >= 0.6 is 0 Å². The first kappa shape index (κ1) is 40.4. The van der Waals surface area contributed by atoms with Gasteiger partial charge in [-0.1, -0.05) is 24.3 Å². The van der Waals surface area contributed by atoms with Crippen LogP contribution in [0.4, 0.5) is 0 Å². The predicted octanol–water partition coefficient (Wildman–Crippen LogP) is 2.08. The number of phenolic OH excluding ortho intramolecular Hbond substituents is 2. The van der Waals surface area contributed by atoms with Crippen molar-refractivity contribution in [3.05, 3.63) is 87.0 Å². The van der Waals surface area contributed by atoms with Gasteiger partial charge in [0.1, 0.15) is 22.8 Å². The number of methoxy groups -OCH3 is 1. The van der Waals surface area contributed by atoms with Gasteiger partial charge in [-0.15, -0.1) is 0 Å². The number of phenols is 2. The highest BCUT2D eigenvalue weighted by atomic mass is 16.7. The van der Waals surface area contributed by atoms with Crippen molar-refractivity contribution < 1.29 is 53.8 Å². The molecule has 54 heavy (non-hydrogen) atoms. The number of Topliss-reactive ketones (excluding diaryl/α,β-unsaturated/α-hetero) is 1. The zero-order valence-corrected chi connectivity index (χ0v) is 31.1. The van der Waals surface area contributed by atoms with E-state index in [1.165, 1.54) is 32.2 Å².